The fourth-order valence-corrected chi connectivity index (χ4v) is 3.90. The average Bonchev–Trinajstić information content (AvgIpc) is 2.16. The van der Waals surface area contributed by atoms with Crippen molar-refractivity contribution >= 4 is 9.84 Å². The molecule has 0 radical (unpaired) electrons. The van der Waals surface area contributed by atoms with Crippen molar-refractivity contribution in [3.63, 3.8) is 0 Å². The fourth-order valence-electron chi connectivity index (χ4n) is 1.89. The summed E-state index contributed by atoms with van der Waals surface area (Å²) < 4.78 is 23.1. The van der Waals surface area contributed by atoms with Crippen molar-refractivity contribution in [3.05, 3.63) is 35.9 Å². The van der Waals surface area contributed by atoms with E-state index >= 15 is 0 Å². The summed E-state index contributed by atoms with van der Waals surface area (Å²) in [4.78, 5) is 0. The van der Waals surface area contributed by atoms with Gasteiger partial charge in [0.25, 0.3) is 0 Å². The smallest absolute Gasteiger partial charge is 0.160 e. The summed E-state index contributed by atoms with van der Waals surface area (Å²) in [5.74, 6) is 0.253. The molecule has 1 aliphatic heterocycles. The summed E-state index contributed by atoms with van der Waals surface area (Å²) in [6.45, 7) is 0. The zero-order valence-electron chi connectivity index (χ0n) is 7.97. The lowest BCUT2D eigenvalue weighted by atomic mass is 10.1. The van der Waals surface area contributed by atoms with Crippen molar-refractivity contribution in [2.45, 2.75) is 11.3 Å². The quantitative estimate of drug-likeness (QED) is 0.785. The summed E-state index contributed by atoms with van der Waals surface area (Å²) in [5, 5.41) is 2.67. The van der Waals surface area contributed by atoms with Crippen LogP contribution in [0, 0.1) is 0 Å². The molecule has 1 N–H and O–H groups in total. The summed E-state index contributed by atoms with van der Waals surface area (Å²) in [5.41, 5.74) is 0.887. The molecule has 1 heterocycles. The van der Waals surface area contributed by atoms with Crippen LogP contribution in [0.25, 0.3) is 0 Å². The minimum Gasteiger partial charge on any atom is -0.314 e. The topological polar surface area (TPSA) is 46.2 Å². The largest absolute Gasteiger partial charge is 0.314 e. The van der Waals surface area contributed by atoms with Gasteiger partial charge < -0.3 is 5.32 Å². The van der Waals surface area contributed by atoms with Crippen LogP contribution in [0.3, 0.4) is 0 Å². The molecule has 2 atom stereocenters. The molecule has 1 saturated heterocycles. The number of rotatable bonds is 2. The van der Waals surface area contributed by atoms with Gasteiger partial charge in [-0.1, -0.05) is 30.3 Å². The van der Waals surface area contributed by atoms with Crippen molar-refractivity contribution in [1.29, 1.82) is 0 Å². The average molecular weight is 211 g/mol. The minimum atomic E-state index is -2.90. The monoisotopic (exact) mass is 211 g/mol. The molecular weight excluding hydrogens is 198 g/mol. The number of sulfone groups is 1. The maximum atomic E-state index is 11.5. The third-order valence-corrected chi connectivity index (χ3v) is 4.86. The summed E-state index contributed by atoms with van der Waals surface area (Å²) in [6, 6.07) is 9.44. The van der Waals surface area contributed by atoms with Crippen molar-refractivity contribution in [2.75, 3.05) is 12.8 Å². The molecule has 0 bridgehead atoms. The lowest BCUT2D eigenvalue weighted by Gasteiger charge is -2.36. The van der Waals surface area contributed by atoms with Crippen LogP contribution >= 0.6 is 0 Å². The van der Waals surface area contributed by atoms with E-state index in [1.165, 1.54) is 0 Å². The predicted molar refractivity (Wildman–Crippen MR) is 55.8 cm³/mol. The van der Waals surface area contributed by atoms with Gasteiger partial charge in [0.15, 0.2) is 9.84 Å². The molecule has 1 aromatic carbocycles. The standard InChI is InChI=1S/C10H13NO2S/c1-11-9-7-14(12,13)10(9)8-5-3-2-4-6-8/h2-6,9-11H,7H2,1H3. The first kappa shape index (κ1) is 9.68. The minimum absolute atomic E-state index is 0.0717. The molecule has 0 amide bonds. The second kappa shape index (κ2) is 3.37. The normalized spacial score (nSPS) is 29.5. The molecule has 0 spiro atoms. The van der Waals surface area contributed by atoms with Crippen LogP contribution in [0.2, 0.25) is 0 Å². The van der Waals surface area contributed by atoms with Gasteiger partial charge in [-0.05, 0) is 12.6 Å². The number of hydrogen-bond donors (Lipinski definition) is 1. The van der Waals surface area contributed by atoms with Gasteiger partial charge in [-0.15, -0.1) is 0 Å². The van der Waals surface area contributed by atoms with E-state index < -0.39 is 9.84 Å². The van der Waals surface area contributed by atoms with Crippen molar-refractivity contribution in [2.24, 2.45) is 0 Å². The molecule has 0 aromatic heterocycles. The lowest BCUT2D eigenvalue weighted by Crippen LogP contribution is -2.52. The fraction of sp³-hybridized carbons (Fsp3) is 0.400. The molecule has 2 rings (SSSR count). The predicted octanol–water partition coefficient (Wildman–Crippen LogP) is 0.744. The maximum Gasteiger partial charge on any atom is 0.160 e. The van der Waals surface area contributed by atoms with Gasteiger partial charge in [0.1, 0.15) is 5.25 Å². The Labute approximate surface area is 84.1 Å². The molecule has 14 heavy (non-hydrogen) atoms. The van der Waals surface area contributed by atoms with E-state index in [-0.39, 0.29) is 17.0 Å². The summed E-state index contributed by atoms with van der Waals surface area (Å²) in [6.07, 6.45) is 0. The Morgan fingerprint density at radius 3 is 2.43 bits per heavy atom. The van der Waals surface area contributed by atoms with E-state index in [0.717, 1.165) is 5.56 Å². The molecule has 76 valence electrons. The van der Waals surface area contributed by atoms with E-state index in [1.807, 2.05) is 30.3 Å². The molecule has 1 aliphatic rings. The van der Waals surface area contributed by atoms with Gasteiger partial charge in [0, 0.05) is 6.04 Å². The second-order valence-electron chi connectivity index (χ2n) is 3.56. The van der Waals surface area contributed by atoms with Gasteiger partial charge in [0.2, 0.25) is 0 Å². The molecule has 1 fully saturated rings. The van der Waals surface area contributed by atoms with Crippen LogP contribution in [0.1, 0.15) is 10.8 Å². The first-order valence-electron chi connectivity index (χ1n) is 4.59. The van der Waals surface area contributed by atoms with Gasteiger partial charge in [0.05, 0.1) is 5.75 Å². The van der Waals surface area contributed by atoms with Crippen LogP contribution in [0.5, 0.6) is 0 Å². The van der Waals surface area contributed by atoms with Gasteiger partial charge in [-0.3, -0.25) is 0 Å². The van der Waals surface area contributed by atoms with Gasteiger partial charge in [-0.25, -0.2) is 8.42 Å². The van der Waals surface area contributed by atoms with Crippen LogP contribution < -0.4 is 5.32 Å². The number of hydrogen-bond acceptors (Lipinski definition) is 3. The lowest BCUT2D eigenvalue weighted by molar-refractivity contribution is 0.482. The second-order valence-corrected chi connectivity index (χ2v) is 5.72. The highest BCUT2D eigenvalue weighted by molar-refractivity contribution is 7.93. The van der Waals surface area contributed by atoms with E-state index in [0.29, 0.717) is 0 Å². The summed E-state index contributed by atoms with van der Waals surface area (Å²) >= 11 is 0. The first-order valence-corrected chi connectivity index (χ1v) is 6.30. The Morgan fingerprint density at radius 1 is 1.29 bits per heavy atom. The maximum absolute atomic E-state index is 11.5. The molecule has 4 heteroatoms. The SMILES string of the molecule is CNC1CS(=O)(=O)C1c1ccccc1. The Bertz CT molecular complexity index is 413. The van der Waals surface area contributed by atoms with Gasteiger partial charge >= 0.3 is 0 Å². The Balaban J connectivity index is 2.34. The van der Waals surface area contributed by atoms with Crippen LogP contribution in [0.4, 0.5) is 0 Å². The van der Waals surface area contributed by atoms with Crippen molar-refractivity contribution in [1.82, 2.24) is 5.32 Å². The number of likely N-dealkylation sites (N-methyl/N-ethyl adjacent to an activating group) is 1. The van der Waals surface area contributed by atoms with Crippen LogP contribution in [0.15, 0.2) is 30.3 Å². The third kappa shape index (κ3) is 1.44. The highest BCUT2D eigenvalue weighted by Gasteiger charge is 2.45. The van der Waals surface area contributed by atoms with Crippen LogP contribution in [-0.2, 0) is 9.84 Å². The molecule has 0 saturated carbocycles. The molecule has 2 unspecified atom stereocenters. The Morgan fingerprint density at radius 2 is 1.93 bits per heavy atom. The zero-order chi connectivity index (χ0) is 10.2. The Hall–Kier alpha value is -0.870. The number of nitrogens with one attached hydrogen (secondary N) is 1. The van der Waals surface area contributed by atoms with Crippen molar-refractivity contribution in [3.8, 4) is 0 Å². The molecule has 3 nitrogen and oxygen atoms in total. The van der Waals surface area contributed by atoms with E-state index in [4.69, 9.17) is 0 Å². The van der Waals surface area contributed by atoms with Crippen molar-refractivity contribution < 1.29 is 8.42 Å². The highest BCUT2D eigenvalue weighted by Crippen LogP contribution is 2.36. The van der Waals surface area contributed by atoms with E-state index in [2.05, 4.69) is 5.32 Å². The molecular formula is C10H13NO2S. The number of benzene rings is 1. The third-order valence-electron chi connectivity index (χ3n) is 2.66. The van der Waals surface area contributed by atoms with Gasteiger partial charge in [-0.2, -0.15) is 0 Å². The van der Waals surface area contributed by atoms with E-state index in [9.17, 15) is 8.42 Å². The molecule has 0 aliphatic carbocycles. The highest BCUT2D eigenvalue weighted by atomic mass is 32.2. The molecule has 1 aromatic rings. The first-order chi connectivity index (χ1) is 6.65. The zero-order valence-corrected chi connectivity index (χ0v) is 8.79. The van der Waals surface area contributed by atoms with E-state index in [1.54, 1.807) is 7.05 Å². The Kier molecular flexibility index (Phi) is 2.33. The van der Waals surface area contributed by atoms with Crippen LogP contribution in [-0.4, -0.2) is 27.3 Å². The summed E-state index contributed by atoms with van der Waals surface area (Å²) in [7, 11) is -1.10.